The van der Waals surface area contributed by atoms with Gasteiger partial charge in [0.1, 0.15) is 0 Å². The Balaban J connectivity index is 2.09. The third-order valence-electron chi connectivity index (χ3n) is 3.64. The summed E-state index contributed by atoms with van der Waals surface area (Å²) >= 11 is 0. The Bertz CT molecular complexity index is 414. The van der Waals surface area contributed by atoms with Crippen LogP contribution in [0.25, 0.3) is 0 Å². The Hall–Kier alpha value is -1.33. The molecule has 0 radical (unpaired) electrons. The van der Waals surface area contributed by atoms with Gasteiger partial charge in [-0.05, 0) is 31.4 Å². The number of furan rings is 1. The molecule has 1 aromatic rings. The van der Waals surface area contributed by atoms with E-state index in [-0.39, 0.29) is 5.91 Å². The summed E-state index contributed by atoms with van der Waals surface area (Å²) in [5.41, 5.74) is 3.02. The van der Waals surface area contributed by atoms with Crippen molar-refractivity contribution in [2.75, 3.05) is 6.54 Å². The monoisotopic (exact) mass is 251 g/mol. The molecule has 0 spiro atoms. The Kier molecular flexibility index (Phi) is 4.04. The zero-order valence-electron chi connectivity index (χ0n) is 11.0. The highest BCUT2D eigenvalue weighted by Crippen LogP contribution is 2.26. The normalized spacial score (nSPS) is 20.6. The minimum Gasteiger partial charge on any atom is -0.459 e. The maximum atomic E-state index is 11.5. The van der Waals surface area contributed by atoms with Gasteiger partial charge < -0.3 is 4.42 Å². The number of amides is 1. The van der Waals surface area contributed by atoms with Gasteiger partial charge in [0, 0.05) is 18.2 Å². The molecule has 1 aliphatic heterocycles. The fraction of sp³-hybridized carbons (Fsp3) is 0.615. The van der Waals surface area contributed by atoms with Gasteiger partial charge in [0.2, 0.25) is 0 Å². The van der Waals surface area contributed by atoms with Crippen LogP contribution in [0.1, 0.15) is 42.8 Å². The van der Waals surface area contributed by atoms with Crippen molar-refractivity contribution in [2.45, 2.75) is 39.3 Å². The maximum absolute atomic E-state index is 11.5. The first-order valence-electron chi connectivity index (χ1n) is 6.45. The van der Waals surface area contributed by atoms with E-state index in [1.54, 1.807) is 6.26 Å². The van der Waals surface area contributed by atoms with E-state index in [0.717, 1.165) is 18.7 Å². The van der Waals surface area contributed by atoms with Crippen LogP contribution in [-0.2, 0) is 6.54 Å². The molecule has 1 aromatic heterocycles. The summed E-state index contributed by atoms with van der Waals surface area (Å²) in [6.45, 7) is 6.32. The number of nitrogens with zero attached hydrogens (tertiary/aromatic N) is 1. The fourth-order valence-electron chi connectivity index (χ4n) is 2.75. The molecule has 1 fully saturated rings. The molecule has 1 aliphatic rings. The molecule has 1 amide bonds. The van der Waals surface area contributed by atoms with Crippen LogP contribution < -0.4 is 11.3 Å². The lowest BCUT2D eigenvalue weighted by Crippen LogP contribution is -2.34. The Labute approximate surface area is 107 Å². The molecule has 5 heteroatoms. The van der Waals surface area contributed by atoms with Crippen molar-refractivity contribution in [1.82, 2.24) is 10.3 Å². The van der Waals surface area contributed by atoms with E-state index in [4.69, 9.17) is 10.3 Å². The van der Waals surface area contributed by atoms with Crippen molar-refractivity contribution in [1.29, 1.82) is 0 Å². The van der Waals surface area contributed by atoms with Crippen molar-refractivity contribution in [3.8, 4) is 0 Å². The van der Waals surface area contributed by atoms with Crippen LogP contribution in [0.15, 0.2) is 16.7 Å². The van der Waals surface area contributed by atoms with Gasteiger partial charge in [-0.1, -0.05) is 13.8 Å². The summed E-state index contributed by atoms with van der Waals surface area (Å²) in [6.07, 6.45) is 3.99. The third-order valence-corrected chi connectivity index (χ3v) is 3.64. The number of hydrazine groups is 1. The van der Waals surface area contributed by atoms with Crippen LogP contribution in [0.5, 0.6) is 0 Å². The highest BCUT2D eigenvalue weighted by atomic mass is 16.3. The average Bonchev–Trinajstić information content (AvgIpc) is 2.97. The molecule has 1 atom stereocenters. The molecule has 0 bridgehead atoms. The molecule has 0 saturated carbocycles. The van der Waals surface area contributed by atoms with Gasteiger partial charge in [0.05, 0.1) is 6.26 Å². The van der Waals surface area contributed by atoms with Crippen molar-refractivity contribution >= 4 is 5.91 Å². The second-order valence-electron chi connectivity index (χ2n) is 5.17. The predicted molar refractivity (Wildman–Crippen MR) is 68.6 cm³/mol. The minimum atomic E-state index is -0.365. The number of nitrogens with two attached hydrogens (primary N) is 1. The van der Waals surface area contributed by atoms with E-state index >= 15 is 0 Å². The number of likely N-dealkylation sites (tertiary alicyclic amines) is 1. The first-order chi connectivity index (χ1) is 8.63. The molecular formula is C13H21N3O2. The van der Waals surface area contributed by atoms with Crippen LogP contribution in [0.4, 0.5) is 0 Å². The van der Waals surface area contributed by atoms with Gasteiger partial charge in [-0.15, -0.1) is 0 Å². The first kappa shape index (κ1) is 13.1. The molecule has 2 heterocycles. The number of carbonyl (C=O) groups excluding carboxylic acids is 1. The molecule has 0 aromatic carbocycles. The lowest BCUT2D eigenvalue weighted by Gasteiger charge is -2.27. The van der Waals surface area contributed by atoms with Crippen molar-refractivity contribution < 1.29 is 9.21 Å². The van der Waals surface area contributed by atoms with Gasteiger partial charge in [0.25, 0.3) is 0 Å². The average molecular weight is 251 g/mol. The Morgan fingerprint density at radius 3 is 3.11 bits per heavy atom. The second kappa shape index (κ2) is 5.54. The summed E-state index contributed by atoms with van der Waals surface area (Å²) in [4.78, 5) is 14.0. The summed E-state index contributed by atoms with van der Waals surface area (Å²) in [7, 11) is 0. The molecule has 5 nitrogen and oxygen atoms in total. The third kappa shape index (κ3) is 2.57. The van der Waals surface area contributed by atoms with Crippen LogP contribution in [0, 0.1) is 5.92 Å². The SMILES string of the molecule is CC(C)C1CCCN1Cc1ccoc1C(=O)NN. The van der Waals surface area contributed by atoms with E-state index in [0.29, 0.717) is 17.7 Å². The summed E-state index contributed by atoms with van der Waals surface area (Å²) < 4.78 is 5.20. The molecule has 0 aliphatic carbocycles. The lowest BCUT2D eigenvalue weighted by atomic mass is 10.0. The summed E-state index contributed by atoms with van der Waals surface area (Å²) in [5, 5.41) is 0. The number of nitrogens with one attached hydrogen (secondary N) is 1. The molecule has 100 valence electrons. The zero-order chi connectivity index (χ0) is 13.1. The van der Waals surface area contributed by atoms with Gasteiger partial charge >= 0.3 is 5.91 Å². The van der Waals surface area contributed by atoms with Gasteiger partial charge in [-0.25, -0.2) is 5.84 Å². The largest absolute Gasteiger partial charge is 0.459 e. The Morgan fingerprint density at radius 2 is 2.44 bits per heavy atom. The highest BCUT2D eigenvalue weighted by molar-refractivity contribution is 5.92. The summed E-state index contributed by atoms with van der Waals surface area (Å²) in [5.74, 6) is 5.73. The van der Waals surface area contributed by atoms with Crippen molar-refractivity contribution in [3.05, 3.63) is 23.7 Å². The molecular weight excluding hydrogens is 230 g/mol. The minimum absolute atomic E-state index is 0.326. The lowest BCUT2D eigenvalue weighted by molar-refractivity contribution is 0.0922. The molecule has 3 N–H and O–H groups in total. The van der Waals surface area contributed by atoms with Gasteiger partial charge in [-0.2, -0.15) is 0 Å². The predicted octanol–water partition coefficient (Wildman–Crippen LogP) is 1.50. The van der Waals surface area contributed by atoms with E-state index < -0.39 is 0 Å². The van der Waals surface area contributed by atoms with E-state index in [1.165, 1.54) is 12.8 Å². The topological polar surface area (TPSA) is 71.5 Å². The highest BCUT2D eigenvalue weighted by Gasteiger charge is 2.28. The molecule has 1 unspecified atom stereocenters. The van der Waals surface area contributed by atoms with E-state index in [2.05, 4.69) is 24.2 Å². The van der Waals surface area contributed by atoms with Crippen molar-refractivity contribution in [3.63, 3.8) is 0 Å². The van der Waals surface area contributed by atoms with E-state index in [1.807, 2.05) is 6.07 Å². The number of rotatable bonds is 4. The first-order valence-corrected chi connectivity index (χ1v) is 6.45. The molecule has 18 heavy (non-hydrogen) atoms. The van der Waals surface area contributed by atoms with Crippen LogP contribution >= 0.6 is 0 Å². The Morgan fingerprint density at radius 1 is 1.67 bits per heavy atom. The van der Waals surface area contributed by atoms with Gasteiger partial charge in [-0.3, -0.25) is 15.1 Å². The van der Waals surface area contributed by atoms with Crippen LogP contribution in [0.3, 0.4) is 0 Å². The fourth-order valence-corrected chi connectivity index (χ4v) is 2.75. The smallest absolute Gasteiger partial charge is 0.301 e. The van der Waals surface area contributed by atoms with Crippen LogP contribution in [-0.4, -0.2) is 23.4 Å². The molecule has 1 saturated heterocycles. The zero-order valence-corrected chi connectivity index (χ0v) is 11.0. The van der Waals surface area contributed by atoms with Gasteiger partial charge in [0.15, 0.2) is 5.76 Å². The quantitative estimate of drug-likeness (QED) is 0.483. The van der Waals surface area contributed by atoms with Crippen molar-refractivity contribution in [2.24, 2.45) is 11.8 Å². The number of nitrogen functional groups attached to an aromatic ring is 1. The standard InChI is InChI=1S/C13H21N3O2/c1-9(2)11-4-3-6-16(11)8-10-5-7-18-12(10)13(17)15-14/h5,7,9,11H,3-4,6,8,14H2,1-2H3,(H,15,17). The number of carbonyl (C=O) groups is 1. The van der Waals surface area contributed by atoms with E-state index in [9.17, 15) is 4.79 Å². The number of hydrogen-bond acceptors (Lipinski definition) is 4. The summed E-state index contributed by atoms with van der Waals surface area (Å²) in [6, 6.07) is 2.44. The number of hydrogen-bond donors (Lipinski definition) is 2. The maximum Gasteiger partial charge on any atom is 0.301 e. The second-order valence-corrected chi connectivity index (χ2v) is 5.17. The van der Waals surface area contributed by atoms with Crippen LogP contribution in [0.2, 0.25) is 0 Å². The molecule has 2 rings (SSSR count).